The second-order valence-corrected chi connectivity index (χ2v) is 7.45. The smallest absolute Gasteiger partial charge is 0.212 e. The molecular formula is C10H23NO4S. The third kappa shape index (κ3) is 6.42. The second kappa shape index (κ2) is 5.44. The van der Waals surface area contributed by atoms with E-state index < -0.39 is 28.8 Å². The molecule has 0 aliphatic heterocycles. The zero-order valence-corrected chi connectivity index (χ0v) is 11.3. The lowest BCUT2D eigenvalue weighted by Crippen LogP contribution is -2.52. The van der Waals surface area contributed by atoms with Crippen LogP contribution in [0.2, 0.25) is 0 Å². The van der Waals surface area contributed by atoms with Gasteiger partial charge < -0.3 is 10.2 Å². The minimum atomic E-state index is -3.47. The first-order valence-electron chi connectivity index (χ1n) is 5.27. The van der Waals surface area contributed by atoms with Crippen molar-refractivity contribution in [3.05, 3.63) is 0 Å². The first-order valence-corrected chi connectivity index (χ1v) is 6.92. The van der Waals surface area contributed by atoms with Crippen molar-refractivity contribution in [3.8, 4) is 0 Å². The molecule has 0 amide bonds. The first-order chi connectivity index (χ1) is 7.04. The van der Waals surface area contributed by atoms with E-state index in [0.29, 0.717) is 6.42 Å². The van der Waals surface area contributed by atoms with E-state index in [4.69, 9.17) is 10.2 Å². The predicted octanol–water partition coefficient (Wildman–Crippen LogP) is 0.0853. The molecule has 0 rings (SSSR count). The number of aliphatic hydroxyl groups excluding tert-OH is 2. The van der Waals surface area contributed by atoms with Crippen molar-refractivity contribution in [2.75, 3.05) is 19.0 Å². The fourth-order valence-electron chi connectivity index (χ4n) is 0.982. The van der Waals surface area contributed by atoms with Gasteiger partial charge in [-0.05, 0) is 18.8 Å². The van der Waals surface area contributed by atoms with Gasteiger partial charge in [0.25, 0.3) is 0 Å². The first kappa shape index (κ1) is 15.8. The van der Waals surface area contributed by atoms with E-state index in [0.717, 1.165) is 0 Å². The molecule has 0 aromatic carbocycles. The minimum Gasteiger partial charge on any atom is -0.394 e. The fourth-order valence-corrected chi connectivity index (χ4v) is 2.84. The van der Waals surface area contributed by atoms with Crippen molar-refractivity contribution < 1.29 is 18.6 Å². The molecule has 0 saturated heterocycles. The van der Waals surface area contributed by atoms with Crippen molar-refractivity contribution in [2.45, 2.75) is 39.7 Å². The quantitative estimate of drug-likeness (QED) is 0.626. The average Bonchev–Trinajstić information content (AvgIpc) is 2.13. The molecule has 0 fully saturated rings. The number of hydrogen-bond acceptors (Lipinski definition) is 4. The Morgan fingerprint density at radius 2 is 1.50 bits per heavy atom. The molecule has 6 heteroatoms. The van der Waals surface area contributed by atoms with Crippen LogP contribution in [0.3, 0.4) is 0 Å². The van der Waals surface area contributed by atoms with Crippen LogP contribution in [0.4, 0.5) is 0 Å². The summed E-state index contributed by atoms with van der Waals surface area (Å²) in [5.74, 6) is -0.00785. The Bertz CT molecular complexity index is 301. The summed E-state index contributed by atoms with van der Waals surface area (Å²) in [7, 11) is -3.47. The summed E-state index contributed by atoms with van der Waals surface area (Å²) in [4.78, 5) is 0. The molecule has 0 unspecified atom stereocenters. The molecule has 0 aromatic heterocycles. The number of rotatable bonds is 6. The molecule has 0 bridgehead atoms. The fraction of sp³-hybridized carbons (Fsp3) is 1.00. The van der Waals surface area contributed by atoms with E-state index >= 15 is 0 Å². The highest BCUT2D eigenvalue weighted by Crippen LogP contribution is 2.19. The van der Waals surface area contributed by atoms with Crippen molar-refractivity contribution in [3.63, 3.8) is 0 Å². The molecule has 98 valence electrons. The van der Waals surface area contributed by atoms with Gasteiger partial charge in [-0.1, -0.05) is 20.8 Å². The van der Waals surface area contributed by atoms with Crippen molar-refractivity contribution in [1.82, 2.24) is 4.72 Å². The zero-order chi connectivity index (χ0) is 13.0. The van der Waals surface area contributed by atoms with Crippen LogP contribution in [-0.4, -0.2) is 43.1 Å². The molecule has 0 saturated carbocycles. The Balaban J connectivity index is 4.47. The summed E-state index contributed by atoms with van der Waals surface area (Å²) in [6.45, 7) is 6.47. The van der Waals surface area contributed by atoms with Gasteiger partial charge in [0.15, 0.2) is 0 Å². The number of sulfonamides is 1. The lowest BCUT2D eigenvalue weighted by molar-refractivity contribution is 0.121. The summed E-state index contributed by atoms with van der Waals surface area (Å²) in [5, 5.41) is 18.0. The molecule has 0 aromatic rings. The Labute approximate surface area is 97.9 Å². The SMILES string of the molecule is CC(C)(C)CCS(=O)(=O)NC(C)(CO)CO. The summed E-state index contributed by atoms with van der Waals surface area (Å²) >= 11 is 0. The van der Waals surface area contributed by atoms with Crippen LogP contribution in [0.1, 0.15) is 34.1 Å². The van der Waals surface area contributed by atoms with Gasteiger partial charge in [0.2, 0.25) is 10.0 Å². The molecule has 0 heterocycles. The predicted molar refractivity (Wildman–Crippen MR) is 63.6 cm³/mol. The van der Waals surface area contributed by atoms with Crippen LogP contribution in [0.5, 0.6) is 0 Å². The maximum atomic E-state index is 11.7. The van der Waals surface area contributed by atoms with E-state index in [2.05, 4.69) is 4.72 Å². The van der Waals surface area contributed by atoms with Gasteiger partial charge in [0.1, 0.15) is 0 Å². The van der Waals surface area contributed by atoms with Gasteiger partial charge in [0, 0.05) is 0 Å². The van der Waals surface area contributed by atoms with Gasteiger partial charge in [-0.25, -0.2) is 13.1 Å². The zero-order valence-electron chi connectivity index (χ0n) is 10.4. The van der Waals surface area contributed by atoms with E-state index in [1.165, 1.54) is 6.92 Å². The highest BCUT2D eigenvalue weighted by atomic mass is 32.2. The van der Waals surface area contributed by atoms with Gasteiger partial charge >= 0.3 is 0 Å². The summed E-state index contributed by atoms with van der Waals surface area (Å²) < 4.78 is 25.7. The molecule has 0 aliphatic rings. The maximum absolute atomic E-state index is 11.7. The van der Waals surface area contributed by atoms with Crippen molar-refractivity contribution >= 4 is 10.0 Å². The largest absolute Gasteiger partial charge is 0.394 e. The van der Waals surface area contributed by atoms with Gasteiger partial charge in [0.05, 0.1) is 24.5 Å². The van der Waals surface area contributed by atoms with Crippen LogP contribution >= 0.6 is 0 Å². The highest BCUT2D eigenvalue weighted by molar-refractivity contribution is 7.89. The molecule has 0 atom stereocenters. The number of hydrogen-bond donors (Lipinski definition) is 3. The van der Waals surface area contributed by atoms with Crippen LogP contribution in [-0.2, 0) is 10.0 Å². The normalized spacial score (nSPS) is 14.1. The van der Waals surface area contributed by atoms with Crippen LogP contribution in [0.25, 0.3) is 0 Å². The molecule has 3 N–H and O–H groups in total. The minimum absolute atomic E-state index is 0.00785. The average molecular weight is 253 g/mol. The molecule has 0 aliphatic carbocycles. The Morgan fingerprint density at radius 1 is 1.06 bits per heavy atom. The number of aliphatic hydroxyl groups is 2. The lowest BCUT2D eigenvalue weighted by Gasteiger charge is -2.27. The standard InChI is InChI=1S/C10H23NO4S/c1-9(2,3)5-6-16(14,15)11-10(4,7-12)8-13/h11-13H,5-8H2,1-4H3. The Hall–Kier alpha value is -0.170. The molecule has 0 radical (unpaired) electrons. The summed E-state index contributed by atoms with van der Waals surface area (Å²) in [6, 6.07) is 0. The lowest BCUT2D eigenvalue weighted by atomic mass is 9.94. The summed E-state index contributed by atoms with van der Waals surface area (Å²) in [5.41, 5.74) is -1.25. The van der Waals surface area contributed by atoms with E-state index in [1.54, 1.807) is 0 Å². The van der Waals surface area contributed by atoms with Gasteiger partial charge in [-0.3, -0.25) is 0 Å². The number of nitrogens with one attached hydrogen (secondary N) is 1. The highest BCUT2D eigenvalue weighted by Gasteiger charge is 2.29. The molecule has 5 nitrogen and oxygen atoms in total. The van der Waals surface area contributed by atoms with E-state index in [-0.39, 0.29) is 11.2 Å². The molecule has 0 spiro atoms. The maximum Gasteiger partial charge on any atom is 0.212 e. The topological polar surface area (TPSA) is 86.6 Å². The Kier molecular flexibility index (Phi) is 5.38. The van der Waals surface area contributed by atoms with Crippen molar-refractivity contribution in [2.24, 2.45) is 5.41 Å². The van der Waals surface area contributed by atoms with E-state index in [9.17, 15) is 8.42 Å². The van der Waals surface area contributed by atoms with Crippen LogP contribution in [0, 0.1) is 5.41 Å². The molecule has 16 heavy (non-hydrogen) atoms. The van der Waals surface area contributed by atoms with Crippen LogP contribution in [0.15, 0.2) is 0 Å². The third-order valence-corrected chi connectivity index (χ3v) is 3.77. The van der Waals surface area contributed by atoms with Crippen molar-refractivity contribution in [1.29, 1.82) is 0 Å². The third-order valence-electron chi connectivity index (χ3n) is 2.22. The van der Waals surface area contributed by atoms with Crippen LogP contribution < -0.4 is 4.72 Å². The van der Waals surface area contributed by atoms with Gasteiger partial charge in [-0.2, -0.15) is 0 Å². The monoisotopic (exact) mass is 253 g/mol. The van der Waals surface area contributed by atoms with Gasteiger partial charge in [-0.15, -0.1) is 0 Å². The molecular weight excluding hydrogens is 230 g/mol. The summed E-state index contributed by atoms with van der Waals surface area (Å²) in [6.07, 6.45) is 0.523. The van der Waals surface area contributed by atoms with E-state index in [1.807, 2.05) is 20.8 Å². The Morgan fingerprint density at radius 3 is 1.81 bits per heavy atom. The second-order valence-electron chi connectivity index (χ2n) is 5.61.